The molecule has 0 aromatic heterocycles. The van der Waals surface area contributed by atoms with E-state index in [0.717, 1.165) is 25.7 Å². The van der Waals surface area contributed by atoms with Crippen molar-refractivity contribution in [2.75, 3.05) is 20.1 Å². The number of piperidine rings is 2. The van der Waals surface area contributed by atoms with E-state index in [1.165, 1.54) is 0 Å². The number of amides is 1. The maximum atomic E-state index is 13.2. The second kappa shape index (κ2) is 8.84. The Kier molecular flexibility index (Phi) is 6.96. The average molecular weight is 460 g/mol. The van der Waals surface area contributed by atoms with Crippen LogP contribution >= 0.6 is 0 Å². The van der Waals surface area contributed by atoms with Crippen LogP contribution in [-0.2, 0) is 14.3 Å². The number of carbonyl (C=O) groups excluding carboxylic acids is 2. The highest BCUT2D eigenvalue weighted by molar-refractivity contribution is 5.88. The van der Waals surface area contributed by atoms with Crippen LogP contribution in [0, 0.1) is 0 Å². The Balaban J connectivity index is 1.69. The van der Waals surface area contributed by atoms with Crippen LogP contribution in [-0.4, -0.2) is 81.0 Å². The summed E-state index contributed by atoms with van der Waals surface area (Å²) in [7, 11) is 2.16. The minimum atomic E-state index is -0.239. The van der Waals surface area contributed by atoms with E-state index in [2.05, 4.69) is 72.2 Å². The summed E-state index contributed by atoms with van der Waals surface area (Å²) in [5.74, 6) is -0.0792. The Bertz CT molecular complexity index is 788. The number of carbonyl (C=O) groups is 2. The highest BCUT2D eigenvalue weighted by atomic mass is 16.5. The Morgan fingerprint density at radius 1 is 0.909 bits per heavy atom. The molecule has 33 heavy (non-hydrogen) atoms. The van der Waals surface area contributed by atoms with Crippen molar-refractivity contribution in [2.45, 2.75) is 115 Å². The van der Waals surface area contributed by atoms with Crippen LogP contribution in [0.1, 0.15) is 81.1 Å². The molecular weight excluding hydrogens is 414 g/mol. The van der Waals surface area contributed by atoms with E-state index in [0.29, 0.717) is 6.54 Å². The molecule has 3 heterocycles. The molecule has 0 atom stereocenters. The first-order valence-corrected chi connectivity index (χ1v) is 12.4. The molecule has 0 unspecified atom stereocenters. The Morgan fingerprint density at radius 3 is 2.00 bits per heavy atom. The fourth-order valence-electron chi connectivity index (χ4n) is 6.53. The van der Waals surface area contributed by atoms with Gasteiger partial charge in [0.05, 0.1) is 6.54 Å². The second-order valence-electron chi connectivity index (χ2n) is 12.8. The number of hydrogen-bond acceptors (Lipinski definition) is 5. The second-order valence-corrected chi connectivity index (χ2v) is 12.8. The van der Waals surface area contributed by atoms with Crippen LogP contribution in [0.5, 0.6) is 0 Å². The van der Waals surface area contributed by atoms with Gasteiger partial charge in [-0.15, -0.1) is 0 Å². The van der Waals surface area contributed by atoms with Crippen LogP contribution < -0.4 is 0 Å². The summed E-state index contributed by atoms with van der Waals surface area (Å²) in [6.07, 6.45) is 10.7. The number of allylic oxidation sites excluding steroid dienone is 2. The van der Waals surface area contributed by atoms with Gasteiger partial charge in [0.25, 0.3) is 0 Å². The molecule has 0 saturated carbocycles. The van der Waals surface area contributed by atoms with E-state index in [9.17, 15) is 9.59 Å². The molecule has 3 aliphatic heterocycles. The maximum Gasteiger partial charge on any atom is 0.320 e. The minimum Gasteiger partial charge on any atom is -0.461 e. The molecule has 0 N–H and O–H groups in total. The smallest absolute Gasteiger partial charge is 0.320 e. The summed E-state index contributed by atoms with van der Waals surface area (Å²) in [6.45, 7) is 18.5. The summed E-state index contributed by atoms with van der Waals surface area (Å²) in [5, 5.41) is 0. The summed E-state index contributed by atoms with van der Waals surface area (Å²) < 4.78 is 6.09. The molecule has 3 rings (SSSR count). The van der Waals surface area contributed by atoms with Crippen molar-refractivity contribution in [1.82, 2.24) is 14.7 Å². The highest BCUT2D eigenvalue weighted by Crippen LogP contribution is 2.41. The monoisotopic (exact) mass is 459 g/mol. The number of nitrogens with zero attached hydrogens (tertiary/aromatic N) is 3. The van der Waals surface area contributed by atoms with Gasteiger partial charge < -0.3 is 9.64 Å². The normalized spacial score (nSPS) is 28.0. The van der Waals surface area contributed by atoms with E-state index in [-0.39, 0.29) is 52.7 Å². The third kappa shape index (κ3) is 5.54. The lowest BCUT2D eigenvalue weighted by Crippen LogP contribution is -2.66. The van der Waals surface area contributed by atoms with Crippen LogP contribution in [0.3, 0.4) is 0 Å². The topological polar surface area (TPSA) is 53.1 Å². The summed E-state index contributed by atoms with van der Waals surface area (Å²) in [4.78, 5) is 32.5. The van der Waals surface area contributed by atoms with Gasteiger partial charge in [0, 0.05) is 53.7 Å². The SMILES string of the molecule is CN1C(C)(C)CC(OC(=O)CN2C(C)(C)CC(N3CC=CC=CC3=O)CC2(C)C)CC1(C)C. The number of hydrogen-bond donors (Lipinski definition) is 0. The lowest BCUT2D eigenvalue weighted by Gasteiger charge is -2.56. The zero-order chi connectivity index (χ0) is 24.8. The first kappa shape index (κ1) is 26.0. The third-order valence-corrected chi connectivity index (χ3v) is 8.30. The van der Waals surface area contributed by atoms with Crippen LogP contribution in [0.4, 0.5) is 0 Å². The number of ether oxygens (including phenoxy) is 1. The van der Waals surface area contributed by atoms with Gasteiger partial charge in [-0.3, -0.25) is 19.4 Å². The summed E-state index contributed by atoms with van der Waals surface area (Å²) >= 11 is 0. The standard InChI is InChI=1S/C27H45N3O3/c1-24(2)17-21(18-25(3,4)28(24)9)33-23(32)19-30-26(5,6)15-20(16-27(30,7)8)29-14-12-10-11-13-22(29)31/h10-13,20-21H,14-19H2,1-9H3. The lowest BCUT2D eigenvalue weighted by atomic mass is 9.76. The predicted octanol–water partition coefficient (Wildman–Crippen LogP) is 4.16. The molecule has 0 aliphatic carbocycles. The zero-order valence-corrected chi connectivity index (χ0v) is 22.3. The van der Waals surface area contributed by atoms with Crippen molar-refractivity contribution in [1.29, 1.82) is 0 Å². The molecule has 0 bridgehead atoms. The van der Waals surface area contributed by atoms with Gasteiger partial charge in [-0.05, 0) is 75.3 Å². The molecule has 0 aromatic rings. The number of esters is 1. The van der Waals surface area contributed by atoms with Crippen molar-refractivity contribution in [3.05, 3.63) is 24.3 Å². The predicted molar refractivity (Wildman–Crippen MR) is 133 cm³/mol. The summed E-state index contributed by atoms with van der Waals surface area (Å²) in [6, 6.07) is 0.137. The molecule has 2 fully saturated rings. The molecule has 3 aliphatic rings. The molecule has 0 radical (unpaired) electrons. The van der Waals surface area contributed by atoms with Gasteiger partial charge in [0.15, 0.2) is 0 Å². The molecule has 6 nitrogen and oxygen atoms in total. The first-order chi connectivity index (χ1) is 15.1. The first-order valence-electron chi connectivity index (χ1n) is 12.4. The molecule has 0 spiro atoms. The average Bonchev–Trinajstić information content (AvgIpc) is 2.86. The molecule has 2 saturated heterocycles. The Hall–Kier alpha value is -1.66. The van der Waals surface area contributed by atoms with E-state index in [4.69, 9.17) is 4.74 Å². The van der Waals surface area contributed by atoms with Crippen LogP contribution in [0.2, 0.25) is 0 Å². The van der Waals surface area contributed by atoms with Crippen LogP contribution in [0.15, 0.2) is 24.3 Å². The fraction of sp³-hybridized carbons (Fsp3) is 0.778. The van der Waals surface area contributed by atoms with Gasteiger partial charge in [0.2, 0.25) is 5.91 Å². The molecule has 1 amide bonds. The van der Waals surface area contributed by atoms with Gasteiger partial charge in [-0.25, -0.2) is 0 Å². The van der Waals surface area contributed by atoms with Crippen molar-refractivity contribution >= 4 is 11.9 Å². The zero-order valence-electron chi connectivity index (χ0n) is 22.3. The van der Waals surface area contributed by atoms with Crippen molar-refractivity contribution in [3.8, 4) is 0 Å². The van der Waals surface area contributed by atoms with Crippen LogP contribution in [0.25, 0.3) is 0 Å². The van der Waals surface area contributed by atoms with E-state index >= 15 is 0 Å². The maximum absolute atomic E-state index is 13.2. The third-order valence-electron chi connectivity index (χ3n) is 8.30. The van der Waals surface area contributed by atoms with E-state index < -0.39 is 0 Å². The fourth-order valence-corrected chi connectivity index (χ4v) is 6.53. The minimum absolute atomic E-state index is 0.0217. The number of rotatable bonds is 4. The Labute approximate surface area is 201 Å². The molecule has 6 heteroatoms. The quantitative estimate of drug-likeness (QED) is 0.591. The van der Waals surface area contributed by atoms with Crippen molar-refractivity contribution < 1.29 is 14.3 Å². The molecule has 0 aromatic carbocycles. The Morgan fingerprint density at radius 2 is 1.45 bits per heavy atom. The molecule has 186 valence electrons. The largest absolute Gasteiger partial charge is 0.461 e. The molecular formula is C27H45N3O3. The van der Waals surface area contributed by atoms with E-state index in [1.807, 2.05) is 23.1 Å². The summed E-state index contributed by atoms with van der Waals surface area (Å²) in [5.41, 5.74) is -0.522. The van der Waals surface area contributed by atoms with Crippen molar-refractivity contribution in [2.24, 2.45) is 0 Å². The van der Waals surface area contributed by atoms with Crippen molar-refractivity contribution in [3.63, 3.8) is 0 Å². The van der Waals surface area contributed by atoms with Gasteiger partial charge in [-0.1, -0.05) is 18.2 Å². The van der Waals surface area contributed by atoms with Gasteiger partial charge >= 0.3 is 5.97 Å². The lowest BCUT2D eigenvalue weighted by molar-refractivity contribution is -0.167. The highest BCUT2D eigenvalue weighted by Gasteiger charge is 2.49. The van der Waals surface area contributed by atoms with E-state index in [1.54, 1.807) is 6.08 Å². The van der Waals surface area contributed by atoms with Gasteiger partial charge in [0.1, 0.15) is 6.10 Å². The van der Waals surface area contributed by atoms with Gasteiger partial charge in [-0.2, -0.15) is 0 Å². The number of likely N-dealkylation sites (tertiary alicyclic amines) is 2.